The zero-order valence-corrected chi connectivity index (χ0v) is 14.1. The van der Waals surface area contributed by atoms with Gasteiger partial charge >= 0.3 is 0 Å². The molecular weight excluding hydrogens is 341 g/mol. The van der Waals surface area contributed by atoms with E-state index in [1.807, 2.05) is 11.4 Å². The Morgan fingerprint density at radius 2 is 2.18 bits per heavy atom. The van der Waals surface area contributed by atoms with Gasteiger partial charge in [-0.15, -0.1) is 11.3 Å². The maximum absolute atomic E-state index is 12.2. The number of carbonyl (C=O) groups excluding carboxylic acids is 1. The van der Waals surface area contributed by atoms with Crippen molar-refractivity contribution in [1.82, 2.24) is 10.3 Å². The minimum atomic E-state index is -0.121. The van der Waals surface area contributed by atoms with E-state index in [0.29, 0.717) is 15.9 Å². The second-order valence-corrected chi connectivity index (χ2v) is 6.83. The van der Waals surface area contributed by atoms with Crippen LogP contribution in [0.1, 0.15) is 19.3 Å². The Kier molecular flexibility index (Phi) is 4.98. The van der Waals surface area contributed by atoms with Gasteiger partial charge in [0.15, 0.2) is 0 Å². The summed E-state index contributed by atoms with van der Waals surface area (Å²) in [5.74, 6) is 0.550. The first-order valence-electron chi connectivity index (χ1n) is 7.08. The van der Waals surface area contributed by atoms with E-state index >= 15 is 0 Å². The second-order valence-electron chi connectivity index (χ2n) is 5.16. The van der Waals surface area contributed by atoms with E-state index in [-0.39, 0.29) is 11.9 Å². The van der Waals surface area contributed by atoms with Gasteiger partial charge in [0.1, 0.15) is 10.8 Å². The average Bonchev–Trinajstić information content (AvgIpc) is 2.99. The van der Waals surface area contributed by atoms with Gasteiger partial charge in [0.25, 0.3) is 0 Å². The molecule has 2 heterocycles. The van der Waals surface area contributed by atoms with Crippen molar-refractivity contribution in [2.45, 2.75) is 25.3 Å². The molecule has 0 bridgehead atoms. The molecule has 7 heteroatoms. The summed E-state index contributed by atoms with van der Waals surface area (Å²) in [6.07, 6.45) is 3.08. The molecule has 0 spiro atoms. The largest absolute Gasteiger partial charge is 0.309 e. The topological polar surface area (TPSA) is 54.0 Å². The lowest BCUT2D eigenvalue weighted by Gasteiger charge is -2.21. The van der Waals surface area contributed by atoms with Gasteiger partial charge in [-0.25, -0.2) is 4.98 Å². The molecule has 0 radical (unpaired) electrons. The van der Waals surface area contributed by atoms with Crippen LogP contribution in [0.25, 0.3) is 10.6 Å². The molecule has 2 aromatic rings. The van der Waals surface area contributed by atoms with Crippen LogP contribution >= 0.6 is 34.5 Å². The van der Waals surface area contributed by atoms with Crippen molar-refractivity contribution in [3.63, 3.8) is 0 Å². The van der Waals surface area contributed by atoms with Crippen LogP contribution in [0, 0.1) is 0 Å². The number of anilines is 1. The molecule has 1 amide bonds. The van der Waals surface area contributed by atoms with Crippen LogP contribution in [0.5, 0.6) is 0 Å². The molecule has 1 saturated heterocycles. The zero-order chi connectivity index (χ0) is 15.5. The third-order valence-corrected chi connectivity index (χ3v) is 5.18. The quantitative estimate of drug-likeness (QED) is 0.867. The highest BCUT2D eigenvalue weighted by Gasteiger charge is 2.21. The summed E-state index contributed by atoms with van der Waals surface area (Å²) in [7, 11) is 0. The van der Waals surface area contributed by atoms with Crippen LogP contribution in [0.15, 0.2) is 23.6 Å². The van der Waals surface area contributed by atoms with E-state index in [1.54, 1.807) is 12.1 Å². The number of hydrogen-bond acceptors (Lipinski definition) is 4. The number of benzene rings is 1. The fraction of sp³-hybridized carbons (Fsp3) is 0.333. The van der Waals surface area contributed by atoms with Crippen LogP contribution < -0.4 is 10.6 Å². The summed E-state index contributed by atoms with van der Waals surface area (Å²) in [5, 5.41) is 9.72. The summed E-state index contributed by atoms with van der Waals surface area (Å²) in [6.45, 7) is 0.893. The smallest absolute Gasteiger partial charge is 0.242 e. The molecule has 4 nitrogen and oxygen atoms in total. The number of aromatic nitrogens is 1. The van der Waals surface area contributed by atoms with Crippen molar-refractivity contribution in [2.75, 3.05) is 11.9 Å². The number of piperidine rings is 1. The molecule has 3 rings (SSSR count). The first kappa shape index (κ1) is 15.7. The first-order valence-corrected chi connectivity index (χ1v) is 8.72. The third kappa shape index (κ3) is 3.60. The minimum Gasteiger partial charge on any atom is -0.309 e. The predicted molar refractivity (Wildman–Crippen MR) is 91.8 cm³/mol. The molecule has 1 aliphatic rings. The van der Waals surface area contributed by atoms with E-state index in [4.69, 9.17) is 23.2 Å². The van der Waals surface area contributed by atoms with Gasteiger partial charge in [0.05, 0.1) is 16.1 Å². The van der Waals surface area contributed by atoms with Crippen LogP contribution in [0.4, 0.5) is 5.82 Å². The van der Waals surface area contributed by atoms with Crippen molar-refractivity contribution < 1.29 is 4.79 Å². The number of nitrogens with one attached hydrogen (secondary N) is 2. The first-order chi connectivity index (χ1) is 10.6. The van der Waals surface area contributed by atoms with Gasteiger partial charge in [0.2, 0.25) is 5.91 Å². The summed E-state index contributed by atoms with van der Waals surface area (Å²) in [6, 6.07) is 5.26. The van der Waals surface area contributed by atoms with E-state index in [9.17, 15) is 4.79 Å². The number of amides is 1. The Balaban J connectivity index is 1.70. The lowest BCUT2D eigenvalue weighted by molar-refractivity contribution is -0.118. The highest BCUT2D eigenvalue weighted by molar-refractivity contribution is 7.13. The second kappa shape index (κ2) is 6.96. The standard InChI is InChI=1S/C15H15Cl2N3OS/c16-10-5-4-9(7-11(10)17)15-20-13(8-22-15)19-14(21)12-3-1-2-6-18-12/h4-5,7-8,12,18H,1-3,6H2,(H,19,21). The molecule has 0 aliphatic carbocycles. The minimum absolute atomic E-state index is 0.0225. The van der Waals surface area contributed by atoms with Crippen molar-refractivity contribution in [1.29, 1.82) is 0 Å². The van der Waals surface area contributed by atoms with Crippen molar-refractivity contribution in [3.8, 4) is 10.6 Å². The van der Waals surface area contributed by atoms with Crippen molar-refractivity contribution in [3.05, 3.63) is 33.6 Å². The maximum atomic E-state index is 12.2. The summed E-state index contributed by atoms with van der Waals surface area (Å²) < 4.78 is 0. The van der Waals surface area contributed by atoms with Gasteiger partial charge < -0.3 is 10.6 Å². The molecule has 1 fully saturated rings. The molecule has 1 aliphatic heterocycles. The van der Waals surface area contributed by atoms with E-state index in [2.05, 4.69) is 15.6 Å². The van der Waals surface area contributed by atoms with Gasteiger partial charge in [-0.05, 0) is 31.5 Å². The molecule has 22 heavy (non-hydrogen) atoms. The SMILES string of the molecule is O=C(Nc1csc(-c2ccc(Cl)c(Cl)c2)n1)C1CCCCN1. The Labute approximate surface area is 142 Å². The van der Waals surface area contributed by atoms with E-state index in [0.717, 1.165) is 36.4 Å². The number of halogens is 2. The Hall–Kier alpha value is -1.14. The lowest BCUT2D eigenvalue weighted by Crippen LogP contribution is -2.43. The summed E-state index contributed by atoms with van der Waals surface area (Å²) >= 11 is 13.4. The predicted octanol–water partition coefficient (Wildman–Crippen LogP) is 4.20. The fourth-order valence-corrected chi connectivity index (χ4v) is 3.43. The normalized spacial score (nSPS) is 18.2. The van der Waals surface area contributed by atoms with Gasteiger partial charge in [-0.3, -0.25) is 4.79 Å². The van der Waals surface area contributed by atoms with E-state index < -0.39 is 0 Å². The molecule has 1 aromatic carbocycles. The Morgan fingerprint density at radius 1 is 1.32 bits per heavy atom. The number of hydrogen-bond donors (Lipinski definition) is 2. The van der Waals surface area contributed by atoms with Crippen molar-refractivity contribution >= 4 is 46.3 Å². The zero-order valence-electron chi connectivity index (χ0n) is 11.7. The Bertz CT molecular complexity index is 683. The fourth-order valence-electron chi connectivity index (χ4n) is 2.38. The summed E-state index contributed by atoms with van der Waals surface area (Å²) in [5.41, 5.74) is 0.885. The number of nitrogens with zero attached hydrogens (tertiary/aromatic N) is 1. The van der Waals surface area contributed by atoms with Crippen LogP contribution in [0.3, 0.4) is 0 Å². The molecule has 2 N–H and O–H groups in total. The monoisotopic (exact) mass is 355 g/mol. The molecule has 1 unspecified atom stereocenters. The van der Waals surface area contributed by atoms with Gasteiger partial charge in [-0.1, -0.05) is 35.7 Å². The molecule has 1 atom stereocenters. The van der Waals surface area contributed by atoms with Gasteiger partial charge in [-0.2, -0.15) is 0 Å². The molecule has 0 saturated carbocycles. The number of carbonyl (C=O) groups is 1. The van der Waals surface area contributed by atoms with Gasteiger partial charge in [0, 0.05) is 10.9 Å². The number of rotatable bonds is 3. The lowest BCUT2D eigenvalue weighted by atomic mass is 10.0. The Morgan fingerprint density at radius 3 is 2.91 bits per heavy atom. The average molecular weight is 356 g/mol. The summed E-state index contributed by atoms with van der Waals surface area (Å²) in [4.78, 5) is 16.6. The highest BCUT2D eigenvalue weighted by Crippen LogP contribution is 2.31. The number of thiazole rings is 1. The molecule has 1 aromatic heterocycles. The van der Waals surface area contributed by atoms with Crippen LogP contribution in [0.2, 0.25) is 10.0 Å². The van der Waals surface area contributed by atoms with Crippen molar-refractivity contribution in [2.24, 2.45) is 0 Å². The molecular formula is C15H15Cl2N3OS. The van der Waals surface area contributed by atoms with Crippen LogP contribution in [-0.2, 0) is 4.79 Å². The molecule has 116 valence electrons. The highest BCUT2D eigenvalue weighted by atomic mass is 35.5. The maximum Gasteiger partial charge on any atom is 0.242 e. The third-order valence-electron chi connectivity index (χ3n) is 3.55. The van der Waals surface area contributed by atoms with E-state index in [1.165, 1.54) is 11.3 Å². The van der Waals surface area contributed by atoms with Crippen LogP contribution in [-0.4, -0.2) is 23.5 Å².